The van der Waals surface area contributed by atoms with Gasteiger partial charge in [-0.1, -0.05) is 13.8 Å². The summed E-state index contributed by atoms with van der Waals surface area (Å²) < 4.78 is 25.6. The molecule has 0 saturated heterocycles. The van der Waals surface area contributed by atoms with Crippen LogP contribution >= 0.6 is 0 Å². The number of nitriles is 1. The summed E-state index contributed by atoms with van der Waals surface area (Å²) in [4.78, 5) is 26.4. The van der Waals surface area contributed by atoms with Crippen molar-refractivity contribution < 1.29 is 23.6 Å². The van der Waals surface area contributed by atoms with Crippen molar-refractivity contribution in [1.29, 1.82) is 5.26 Å². The number of rotatable bonds is 7. The van der Waals surface area contributed by atoms with Crippen molar-refractivity contribution in [3.8, 4) is 17.6 Å². The van der Waals surface area contributed by atoms with Gasteiger partial charge >= 0.3 is 0 Å². The number of nitro groups is 1. The highest BCUT2D eigenvalue weighted by atomic mass is 19.1. The number of allylic oxidation sites excluding steroid dienone is 3. The normalized spacial score (nSPS) is 18.7. The zero-order chi connectivity index (χ0) is 27.8. The molecule has 0 spiro atoms. The number of hydrogen-bond donors (Lipinski definition) is 1. The highest BCUT2D eigenvalue weighted by Gasteiger charge is 2.46. The lowest BCUT2D eigenvalue weighted by Crippen LogP contribution is -2.42. The van der Waals surface area contributed by atoms with E-state index >= 15 is 0 Å². The quantitative estimate of drug-likeness (QED) is 0.375. The van der Waals surface area contributed by atoms with Gasteiger partial charge in [-0.05, 0) is 56.0 Å². The topological polar surface area (TPSA) is 132 Å². The maximum Gasteiger partial charge on any atom is 0.296 e. The minimum Gasteiger partial charge on any atom is -0.494 e. The number of anilines is 1. The van der Waals surface area contributed by atoms with Crippen LogP contribution in [-0.4, -0.2) is 23.9 Å². The van der Waals surface area contributed by atoms with Crippen LogP contribution in [0.3, 0.4) is 0 Å². The summed E-state index contributed by atoms with van der Waals surface area (Å²) in [5.41, 5.74) is 6.88. The third-order valence-electron chi connectivity index (χ3n) is 6.66. The maximum absolute atomic E-state index is 14.0. The lowest BCUT2D eigenvalue weighted by molar-refractivity contribution is -0.384. The first kappa shape index (κ1) is 26.7. The minimum absolute atomic E-state index is 0.0220. The van der Waals surface area contributed by atoms with E-state index in [1.807, 2.05) is 27.7 Å². The molecule has 2 aromatic rings. The Bertz CT molecular complexity index is 1420. The van der Waals surface area contributed by atoms with Gasteiger partial charge < -0.3 is 15.2 Å². The average molecular weight is 521 g/mol. The van der Waals surface area contributed by atoms with Gasteiger partial charge in [0.15, 0.2) is 5.78 Å². The second-order valence-corrected chi connectivity index (χ2v) is 9.94. The molecule has 0 amide bonds. The van der Waals surface area contributed by atoms with Crippen LogP contribution in [0.4, 0.5) is 15.8 Å². The lowest BCUT2D eigenvalue weighted by Gasteiger charge is -2.43. The molecule has 198 valence electrons. The van der Waals surface area contributed by atoms with E-state index in [9.17, 15) is 24.6 Å². The number of carbonyl (C=O) groups is 1. The van der Waals surface area contributed by atoms with E-state index in [-0.39, 0.29) is 29.3 Å². The Hall–Kier alpha value is -4.39. The number of nitro benzene ring substituents is 1. The highest BCUT2D eigenvalue weighted by molar-refractivity contribution is 6.02. The third kappa shape index (κ3) is 4.67. The van der Waals surface area contributed by atoms with Crippen molar-refractivity contribution in [1.82, 2.24) is 0 Å². The molecule has 1 aliphatic carbocycles. The molecule has 1 aliphatic heterocycles. The Balaban J connectivity index is 2.07. The number of ketones is 1. The predicted molar refractivity (Wildman–Crippen MR) is 139 cm³/mol. The molecule has 0 aromatic heterocycles. The van der Waals surface area contributed by atoms with Gasteiger partial charge in [-0.25, -0.2) is 4.39 Å². The third-order valence-corrected chi connectivity index (χ3v) is 6.66. The Morgan fingerprint density at radius 1 is 1.18 bits per heavy atom. The number of ether oxygens (including phenoxy) is 2. The van der Waals surface area contributed by atoms with Gasteiger partial charge in [-0.2, -0.15) is 5.26 Å². The van der Waals surface area contributed by atoms with Gasteiger partial charge in [0.05, 0.1) is 41.8 Å². The van der Waals surface area contributed by atoms with Crippen LogP contribution in [0.5, 0.6) is 11.5 Å². The van der Waals surface area contributed by atoms with E-state index in [1.165, 1.54) is 11.0 Å². The zero-order valence-corrected chi connectivity index (χ0v) is 21.7. The first-order chi connectivity index (χ1) is 18.0. The Kier molecular flexibility index (Phi) is 7.14. The molecule has 0 radical (unpaired) electrons. The standard InChI is InChI=1S/C28H29FN4O5/c1-5-37-17-8-10-24(38-6-2)18(12-17)25-19(15-30)27(31)32(20-9-7-16(29)11-21(20)33(35)36)22-13-28(3,4)14-23(34)26(22)25/h7-12,25H,5-6,13-14,31H2,1-4H3. The summed E-state index contributed by atoms with van der Waals surface area (Å²) in [7, 11) is 0. The number of carbonyl (C=O) groups excluding carboxylic acids is 1. The van der Waals surface area contributed by atoms with Gasteiger partial charge in [0.1, 0.15) is 28.8 Å². The Morgan fingerprint density at radius 3 is 2.53 bits per heavy atom. The number of nitrogens with two attached hydrogens (primary N) is 1. The molecule has 2 aromatic carbocycles. The number of hydrogen-bond acceptors (Lipinski definition) is 8. The van der Waals surface area contributed by atoms with E-state index in [4.69, 9.17) is 15.2 Å². The molecule has 2 N–H and O–H groups in total. The second kappa shape index (κ2) is 10.2. The Labute approximate surface area is 220 Å². The molecule has 10 heteroatoms. The van der Waals surface area contributed by atoms with Gasteiger partial charge in [0.2, 0.25) is 0 Å². The number of Topliss-reactive ketones (excluding diaryl/α,β-unsaturated/α-hetero) is 1. The number of nitrogens with zero attached hydrogens (tertiary/aromatic N) is 3. The van der Waals surface area contributed by atoms with Crippen molar-refractivity contribution in [2.24, 2.45) is 11.1 Å². The smallest absolute Gasteiger partial charge is 0.296 e. The van der Waals surface area contributed by atoms with Crippen LogP contribution < -0.4 is 20.1 Å². The molecular weight excluding hydrogens is 491 g/mol. The monoisotopic (exact) mass is 520 g/mol. The van der Waals surface area contributed by atoms with Crippen molar-refractivity contribution >= 4 is 17.2 Å². The number of benzene rings is 2. The van der Waals surface area contributed by atoms with Gasteiger partial charge in [-0.3, -0.25) is 19.8 Å². The largest absolute Gasteiger partial charge is 0.494 e. The van der Waals surface area contributed by atoms with E-state index in [2.05, 4.69) is 6.07 Å². The van der Waals surface area contributed by atoms with Gasteiger partial charge in [0.25, 0.3) is 5.69 Å². The van der Waals surface area contributed by atoms with Crippen molar-refractivity contribution in [3.63, 3.8) is 0 Å². The van der Waals surface area contributed by atoms with E-state index in [0.717, 1.165) is 12.1 Å². The first-order valence-corrected chi connectivity index (χ1v) is 12.3. The van der Waals surface area contributed by atoms with E-state index in [0.29, 0.717) is 48.0 Å². The van der Waals surface area contributed by atoms with Crippen LogP contribution in [0.15, 0.2) is 59.1 Å². The molecular formula is C28H29FN4O5. The summed E-state index contributed by atoms with van der Waals surface area (Å²) in [5, 5.41) is 22.2. The summed E-state index contributed by atoms with van der Waals surface area (Å²) in [6, 6.07) is 10.5. The van der Waals surface area contributed by atoms with Crippen LogP contribution in [0.1, 0.15) is 52.0 Å². The van der Waals surface area contributed by atoms with Gasteiger partial charge in [-0.15, -0.1) is 0 Å². The van der Waals surface area contributed by atoms with Gasteiger partial charge in [0, 0.05) is 23.3 Å². The molecule has 0 fully saturated rings. The summed E-state index contributed by atoms with van der Waals surface area (Å²) >= 11 is 0. The minimum atomic E-state index is -0.878. The van der Waals surface area contributed by atoms with Crippen LogP contribution in [0.25, 0.3) is 0 Å². The fraction of sp³-hybridized carbons (Fsp3) is 0.357. The first-order valence-electron chi connectivity index (χ1n) is 12.3. The molecule has 1 heterocycles. The maximum atomic E-state index is 14.0. The number of halogens is 1. The summed E-state index contributed by atoms with van der Waals surface area (Å²) in [5.74, 6) is -0.948. The molecule has 0 saturated carbocycles. The van der Waals surface area contributed by atoms with E-state index < -0.39 is 27.8 Å². The predicted octanol–water partition coefficient (Wildman–Crippen LogP) is 5.47. The molecule has 1 atom stereocenters. The fourth-order valence-corrected chi connectivity index (χ4v) is 5.22. The van der Waals surface area contributed by atoms with Crippen LogP contribution in [0.2, 0.25) is 0 Å². The van der Waals surface area contributed by atoms with Crippen LogP contribution in [0, 0.1) is 32.7 Å². The molecule has 38 heavy (non-hydrogen) atoms. The molecule has 1 unspecified atom stereocenters. The van der Waals surface area contributed by atoms with Crippen molar-refractivity contribution in [2.45, 2.75) is 46.5 Å². The molecule has 2 aliphatic rings. The van der Waals surface area contributed by atoms with E-state index in [1.54, 1.807) is 18.2 Å². The van der Waals surface area contributed by atoms with Crippen molar-refractivity contribution in [3.05, 3.63) is 80.6 Å². The Morgan fingerprint density at radius 2 is 1.89 bits per heavy atom. The summed E-state index contributed by atoms with van der Waals surface area (Å²) in [6.45, 7) is 8.25. The van der Waals surface area contributed by atoms with Crippen molar-refractivity contribution in [2.75, 3.05) is 18.1 Å². The zero-order valence-electron chi connectivity index (χ0n) is 21.7. The lowest BCUT2D eigenvalue weighted by atomic mass is 9.68. The summed E-state index contributed by atoms with van der Waals surface area (Å²) in [6.07, 6.45) is 0.545. The second-order valence-electron chi connectivity index (χ2n) is 9.94. The molecule has 4 rings (SSSR count). The molecule has 0 bridgehead atoms. The SMILES string of the molecule is CCOc1ccc(OCC)c(C2C(C#N)=C(N)N(c3ccc(F)cc3[N+](=O)[O-])C3=C2C(=O)CC(C)(C)C3)c1. The average Bonchev–Trinajstić information content (AvgIpc) is 2.84. The van der Waals surface area contributed by atoms with Crippen LogP contribution in [-0.2, 0) is 4.79 Å². The molecule has 9 nitrogen and oxygen atoms in total. The fourth-order valence-electron chi connectivity index (χ4n) is 5.22. The highest BCUT2D eigenvalue weighted by Crippen LogP contribution is 2.53.